The molecule has 1 aromatic heterocycles. The summed E-state index contributed by atoms with van der Waals surface area (Å²) in [6, 6.07) is 24.7. The van der Waals surface area contributed by atoms with Crippen molar-refractivity contribution in [1.82, 2.24) is 4.98 Å². The van der Waals surface area contributed by atoms with E-state index in [0.717, 1.165) is 25.5 Å². The zero-order chi connectivity index (χ0) is 33.2. The minimum atomic E-state index is -3.04. The summed E-state index contributed by atoms with van der Waals surface area (Å²) in [4.78, 5) is 32.7. The van der Waals surface area contributed by atoms with E-state index in [4.69, 9.17) is 18.9 Å². The number of rotatable bonds is 7. The zero-order valence-electron chi connectivity index (χ0n) is 27.8. The molecule has 0 saturated carbocycles. The lowest BCUT2D eigenvalue weighted by Crippen LogP contribution is -2.68. The fourth-order valence-electron chi connectivity index (χ4n) is 5.16. The first-order chi connectivity index (χ1) is 20.9. The van der Waals surface area contributed by atoms with Gasteiger partial charge in [0, 0.05) is 0 Å². The van der Waals surface area contributed by atoms with E-state index in [0.29, 0.717) is 17.7 Å². The molecule has 0 N–H and O–H groups in total. The Morgan fingerprint density at radius 2 is 1.31 bits per heavy atom. The largest absolute Gasteiger partial charge is 0.532 e. The van der Waals surface area contributed by atoms with Gasteiger partial charge in [-0.1, -0.05) is 98.8 Å². The second-order valence-electron chi connectivity index (χ2n) is 14.0. The van der Waals surface area contributed by atoms with Gasteiger partial charge in [0.1, 0.15) is 22.5 Å². The maximum atomic E-state index is 13.5. The van der Waals surface area contributed by atoms with E-state index in [2.05, 4.69) is 51.6 Å². The Kier molecular flexibility index (Phi) is 9.66. The summed E-state index contributed by atoms with van der Waals surface area (Å²) in [5, 5.41) is 2.07. The molecule has 1 heterocycles. The number of thiazole rings is 1. The Bertz CT molecular complexity index is 1600. The molecule has 3 aromatic carbocycles. The molecule has 0 aliphatic heterocycles. The molecule has 0 radical (unpaired) electrons. The number of hydrogen-bond acceptors (Lipinski definition) is 7. The molecule has 9 heteroatoms. The Morgan fingerprint density at radius 1 is 0.822 bits per heavy atom. The zero-order valence-corrected chi connectivity index (χ0v) is 29.6. The third kappa shape index (κ3) is 7.65. The van der Waals surface area contributed by atoms with Gasteiger partial charge in [-0.2, -0.15) is 4.90 Å². The highest BCUT2D eigenvalue weighted by Crippen LogP contribution is 2.42. The Morgan fingerprint density at radius 3 is 1.73 bits per heavy atom. The number of aromatic nitrogens is 1. The summed E-state index contributed by atoms with van der Waals surface area (Å²) in [6.45, 7) is 21.0. The van der Waals surface area contributed by atoms with Crippen molar-refractivity contribution in [3.05, 3.63) is 91.0 Å². The molecule has 4 aromatic rings. The second-order valence-corrected chi connectivity index (χ2v) is 19.2. The summed E-state index contributed by atoms with van der Waals surface area (Å²) in [7, 11) is -3.04. The lowest BCUT2D eigenvalue weighted by Gasteiger charge is -2.43. The fraction of sp³-hybridized carbons (Fsp3) is 0.361. The minimum Gasteiger partial charge on any atom is -0.532 e. The first kappa shape index (κ1) is 33.9. The van der Waals surface area contributed by atoms with E-state index < -0.39 is 31.7 Å². The van der Waals surface area contributed by atoms with Crippen molar-refractivity contribution < 1.29 is 23.5 Å². The summed E-state index contributed by atoms with van der Waals surface area (Å²) in [5.41, 5.74) is -0.166. The van der Waals surface area contributed by atoms with Gasteiger partial charge in [-0.25, -0.2) is 14.6 Å². The van der Waals surface area contributed by atoms with Crippen molar-refractivity contribution in [1.29, 1.82) is 0 Å². The Balaban J connectivity index is 1.98. The van der Waals surface area contributed by atoms with Crippen molar-refractivity contribution in [3.63, 3.8) is 0 Å². The van der Waals surface area contributed by atoms with Crippen molar-refractivity contribution in [3.8, 4) is 5.75 Å². The highest BCUT2D eigenvalue weighted by atomic mass is 32.1. The number of ether oxygens (including phenoxy) is 2. The molecule has 45 heavy (non-hydrogen) atoms. The van der Waals surface area contributed by atoms with Crippen LogP contribution in [0.1, 0.15) is 67.9 Å². The number of anilines is 1. The lowest BCUT2D eigenvalue weighted by atomic mass is 10.1. The van der Waals surface area contributed by atoms with Gasteiger partial charge in [0.2, 0.25) is 5.13 Å². The molecule has 238 valence electrons. The molecule has 7 nitrogen and oxygen atoms in total. The number of nitrogens with zero attached hydrogens (tertiary/aromatic N) is 2. The number of fused-ring (bicyclic) bond motifs is 1. The van der Waals surface area contributed by atoms with Crippen LogP contribution in [-0.2, 0) is 15.9 Å². The van der Waals surface area contributed by atoms with E-state index in [1.54, 1.807) is 41.5 Å². The number of carbonyl (C=O) groups is 2. The molecule has 0 spiro atoms. The number of benzene rings is 3. The number of allylic oxidation sites excluding steroid dienone is 1. The number of imide groups is 1. The van der Waals surface area contributed by atoms with E-state index in [-0.39, 0.29) is 10.2 Å². The van der Waals surface area contributed by atoms with Crippen LogP contribution >= 0.6 is 11.3 Å². The lowest BCUT2D eigenvalue weighted by molar-refractivity contribution is 0.0430. The predicted octanol–water partition coefficient (Wildman–Crippen LogP) is 8.64. The Labute approximate surface area is 272 Å². The van der Waals surface area contributed by atoms with E-state index in [1.807, 2.05) is 54.6 Å². The highest BCUT2D eigenvalue weighted by molar-refractivity contribution is 7.22. The molecule has 0 aliphatic carbocycles. The number of amides is 2. The Hall–Kier alpha value is -3.95. The van der Waals surface area contributed by atoms with Gasteiger partial charge in [-0.3, -0.25) is 0 Å². The van der Waals surface area contributed by atoms with Crippen LogP contribution in [-0.4, -0.2) is 36.7 Å². The van der Waals surface area contributed by atoms with Crippen LogP contribution in [0.5, 0.6) is 5.75 Å². The van der Waals surface area contributed by atoms with Crippen LogP contribution in [0, 0.1) is 0 Å². The van der Waals surface area contributed by atoms with Gasteiger partial charge in [-0.05, 0) is 81.1 Å². The quantitative estimate of drug-likeness (QED) is 0.148. The standard InChI is InChI=1S/C36H44N2O5SSi/c1-11-18-25-23-28(43-45(36(8,9)10,26-19-14-12-15-20-26)27-21-16-13-17-22-27)30-29(24-25)44-31(37-30)38(32(39)41-34(2,3)4)33(40)42-35(5,6)7/h11-17,19-24H,1,18H2,2-10H3. The second kappa shape index (κ2) is 12.8. The van der Waals surface area contributed by atoms with E-state index in [9.17, 15) is 9.59 Å². The SMILES string of the molecule is C=CCc1cc(O[Si](c2ccccc2)(c2ccccc2)C(C)(C)C)c2nc(N(C(=O)OC(C)(C)C)C(=O)OC(C)(C)C)sc2c1. The normalized spacial score (nSPS) is 12.5. The van der Waals surface area contributed by atoms with Crippen molar-refractivity contribution in [2.75, 3.05) is 4.90 Å². The molecule has 2 amide bonds. The van der Waals surface area contributed by atoms with Crippen LogP contribution in [0.4, 0.5) is 14.7 Å². The van der Waals surface area contributed by atoms with Gasteiger partial charge in [0.25, 0.3) is 0 Å². The third-order valence-corrected chi connectivity index (χ3v) is 12.8. The van der Waals surface area contributed by atoms with Gasteiger partial charge in [0.05, 0.1) is 4.70 Å². The smallest absolute Gasteiger partial charge is 0.426 e. The van der Waals surface area contributed by atoms with Gasteiger partial charge in [-0.15, -0.1) is 6.58 Å². The van der Waals surface area contributed by atoms with E-state index >= 15 is 0 Å². The predicted molar refractivity (Wildman–Crippen MR) is 187 cm³/mol. The average Bonchev–Trinajstić information content (AvgIpc) is 3.33. The third-order valence-electron chi connectivity index (χ3n) is 6.91. The monoisotopic (exact) mass is 644 g/mol. The molecular formula is C36H44N2O5SSi. The molecule has 0 unspecified atom stereocenters. The summed E-state index contributed by atoms with van der Waals surface area (Å²) < 4.78 is 19.4. The number of carbonyl (C=O) groups excluding carboxylic acids is 2. The van der Waals surface area contributed by atoms with Crippen LogP contribution < -0.4 is 19.7 Å². The number of hydrogen-bond donors (Lipinski definition) is 0. The van der Waals surface area contributed by atoms with Gasteiger partial charge < -0.3 is 13.9 Å². The summed E-state index contributed by atoms with van der Waals surface area (Å²) in [5.74, 6) is 0.578. The van der Waals surface area contributed by atoms with Gasteiger partial charge in [0.15, 0.2) is 0 Å². The van der Waals surface area contributed by atoms with Crippen molar-refractivity contribution in [2.45, 2.75) is 85.0 Å². The molecule has 0 atom stereocenters. The summed E-state index contributed by atoms with van der Waals surface area (Å²) >= 11 is 1.21. The van der Waals surface area contributed by atoms with Crippen molar-refractivity contribution in [2.24, 2.45) is 0 Å². The maximum absolute atomic E-state index is 13.5. The van der Waals surface area contributed by atoms with Gasteiger partial charge >= 0.3 is 20.5 Å². The topological polar surface area (TPSA) is 78.0 Å². The highest BCUT2D eigenvalue weighted by Gasteiger charge is 2.52. The first-order valence-corrected chi connectivity index (χ1v) is 17.8. The molecule has 0 aliphatic rings. The van der Waals surface area contributed by atoms with Crippen LogP contribution in [0.15, 0.2) is 85.5 Å². The fourth-order valence-corrected chi connectivity index (χ4v) is 10.6. The molecule has 0 bridgehead atoms. The first-order valence-electron chi connectivity index (χ1n) is 15.1. The van der Waals surface area contributed by atoms with Crippen LogP contribution in [0.2, 0.25) is 5.04 Å². The average molecular weight is 645 g/mol. The maximum Gasteiger partial charge on any atom is 0.426 e. The van der Waals surface area contributed by atoms with E-state index in [1.165, 1.54) is 11.3 Å². The van der Waals surface area contributed by atoms with Crippen LogP contribution in [0.3, 0.4) is 0 Å². The minimum absolute atomic E-state index is 0.136. The molecule has 0 fully saturated rings. The molecule has 0 saturated heterocycles. The van der Waals surface area contributed by atoms with Crippen molar-refractivity contribution >= 4 is 57.6 Å². The summed E-state index contributed by atoms with van der Waals surface area (Å²) in [6.07, 6.45) is 0.707. The molecule has 4 rings (SSSR count). The molecular weight excluding hydrogens is 601 g/mol. The van der Waals surface area contributed by atoms with Crippen LogP contribution in [0.25, 0.3) is 10.2 Å².